The molecule has 0 bridgehead atoms. The molecule has 0 aliphatic carbocycles. The number of imidazole rings is 1. The van der Waals surface area contributed by atoms with Gasteiger partial charge in [0.05, 0.1) is 11.9 Å². The molecule has 0 amide bonds. The number of ether oxygens (including phenoxy) is 1. The lowest BCUT2D eigenvalue weighted by Gasteiger charge is -2.13. The lowest BCUT2D eigenvalue weighted by Crippen LogP contribution is -2.08. The van der Waals surface area contributed by atoms with Gasteiger partial charge < -0.3 is 14.4 Å². The second-order valence-electron chi connectivity index (χ2n) is 4.26. The molecule has 2 aromatic rings. The van der Waals surface area contributed by atoms with E-state index in [1.807, 2.05) is 0 Å². The maximum Gasteiger partial charge on any atom is 0.177 e. The number of hydrogen-bond acceptors (Lipinski definition) is 3. The van der Waals surface area contributed by atoms with Crippen LogP contribution in [0.4, 0.5) is 0 Å². The Morgan fingerprint density at radius 3 is 2.61 bits per heavy atom. The molecule has 0 fully saturated rings. The van der Waals surface area contributed by atoms with Crippen molar-refractivity contribution in [3.8, 4) is 11.5 Å². The average Bonchev–Trinajstić information content (AvgIpc) is 2.70. The molecule has 0 radical (unpaired) electrons. The fourth-order valence-electron chi connectivity index (χ4n) is 1.72. The summed E-state index contributed by atoms with van der Waals surface area (Å²) in [5, 5.41) is 9.19. The van der Waals surface area contributed by atoms with Gasteiger partial charge in [0.15, 0.2) is 4.73 Å². The quantitative estimate of drug-likeness (QED) is 0.940. The van der Waals surface area contributed by atoms with Crippen LogP contribution in [0, 0.1) is 0 Å². The summed E-state index contributed by atoms with van der Waals surface area (Å²) < 4.78 is 8.54. The molecule has 0 saturated carbocycles. The number of benzene rings is 1. The van der Waals surface area contributed by atoms with Crippen LogP contribution >= 0.6 is 15.9 Å². The predicted molar refractivity (Wildman–Crippen MR) is 72.8 cm³/mol. The number of phenols is 1. The van der Waals surface area contributed by atoms with E-state index >= 15 is 0 Å². The molecule has 0 atom stereocenters. The Morgan fingerprint density at radius 1 is 1.33 bits per heavy atom. The molecule has 0 spiro atoms. The molecule has 96 valence electrons. The summed E-state index contributed by atoms with van der Waals surface area (Å²) in [6.45, 7) is 4.63. The molecule has 1 N–H and O–H groups in total. The van der Waals surface area contributed by atoms with Crippen molar-refractivity contribution in [2.24, 2.45) is 0 Å². The van der Waals surface area contributed by atoms with Crippen LogP contribution in [0.15, 0.2) is 35.2 Å². The van der Waals surface area contributed by atoms with E-state index in [1.165, 1.54) is 0 Å². The van der Waals surface area contributed by atoms with Gasteiger partial charge in [-0.3, -0.25) is 0 Å². The van der Waals surface area contributed by atoms with Crippen LogP contribution in [-0.4, -0.2) is 14.7 Å². The fourth-order valence-corrected chi connectivity index (χ4v) is 2.46. The van der Waals surface area contributed by atoms with E-state index in [4.69, 9.17) is 4.74 Å². The number of halogens is 1. The van der Waals surface area contributed by atoms with Crippen molar-refractivity contribution in [1.29, 1.82) is 0 Å². The Hall–Kier alpha value is -1.49. The van der Waals surface area contributed by atoms with E-state index in [1.54, 1.807) is 30.5 Å². The molecule has 5 heteroatoms. The lowest BCUT2D eigenvalue weighted by molar-refractivity contribution is 0.291. The van der Waals surface area contributed by atoms with Crippen LogP contribution < -0.4 is 4.74 Å². The number of rotatable bonds is 4. The van der Waals surface area contributed by atoms with E-state index < -0.39 is 0 Å². The Balaban J connectivity index is 2.08. The highest BCUT2D eigenvalue weighted by Crippen LogP contribution is 2.21. The fraction of sp³-hybridized carbons (Fsp3) is 0.308. The van der Waals surface area contributed by atoms with Gasteiger partial charge in [0.25, 0.3) is 0 Å². The third kappa shape index (κ3) is 2.85. The van der Waals surface area contributed by atoms with E-state index in [-0.39, 0.29) is 5.75 Å². The van der Waals surface area contributed by atoms with Gasteiger partial charge in [-0.25, -0.2) is 4.98 Å². The molecule has 0 saturated heterocycles. The molecule has 0 aliphatic heterocycles. The second kappa shape index (κ2) is 5.44. The predicted octanol–water partition coefficient (Wildman–Crippen LogP) is 3.51. The summed E-state index contributed by atoms with van der Waals surface area (Å²) in [7, 11) is 0. The summed E-state index contributed by atoms with van der Waals surface area (Å²) in [5.41, 5.74) is 1.00. The topological polar surface area (TPSA) is 47.3 Å². The highest BCUT2D eigenvalue weighted by Gasteiger charge is 2.11. The van der Waals surface area contributed by atoms with Gasteiger partial charge in [-0.1, -0.05) is 0 Å². The molecule has 2 rings (SSSR count). The van der Waals surface area contributed by atoms with Crippen molar-refractivity contribution >= 4 is 15.9 Å². The van der Waals surface area contributed by atoms with Crippen LogP contribution in [0.1, 0.15) is 25.6 Å². The number of nitrogens with zero attached hydrogens (tertiary/aromatic N) is 2. The zero-order valence-corrected chi connectivity index (χ0v) is 11.9. The third-order valence-electron chi connectivity index (χ3n) is 2.57. The monoisotopic (exact) mass is 310 g/mol. The van der Waals surface area contributed by atoms with Gasteiger partial charge in [0, 0.05) is 6.04 Å². The van der Waals surface area contributed by atoms with Crippen molar-refractivity contribution in [1.82, 2.24) is 9.55 Å². The van der Waals surface area contributed by atoms with E-state index in [9.17, 15) is 5.11 Å². The van der Waals surface area contributed by atoms with Crippen molar-refractivity contribution < 1.29 is 9.84 Å². The second-order valence-corrected chi connectivity index (χ2v) is 4.97. The van der Waals surface area contributed by atoms with Crippen LogP contribution in [0.3, 0.4) is 0 Å². The normalized spacial score (nSPS) is 10.9. The highest BCUT2D eigenvalue weighted by atomic mass is 79.9. The van der Waals surface area contributed by atoms with Crippen molar-refractivity contribution in [2.75, 3.05) is 0 Å². The first-order valence-corrected chi connectivity index (χ1v) is 6.50. The number of aromatic hydroxyl groups is 1. The molecular weight excluding hydrogens is 296 g/mol. The first kappa shape index (κ1) is 13.0. The SMILES string of the molecule is CC(C)n1c(COc2ccc(O)cc2)cnc1Br. The lowest BCUT2D eigenvalue weighted by atomic mass is 10.3. The van der Waals surface area contributed by atoms with Gasteiger partial charge in [-0.2, -0.15) is 0 Å². The zero-order chi connectivity index (χ0) is 13.1. The Kier molecular flexibility index (Phi) is 3.91. The van der Waals surface area contributed by atoms with Crippen LogP contribution in [0.5, 0.6) is 11.5 Å². The van der Waals surface area contributed by atoms with Gasteiger partial charge in [-0.05, 0) is 54.0 Å². The first-order chi connectivity index (χ1) is 8.58. The van der Waals surface area contributed by atoms with E-state index in [2.05, 4.69) is 39.3 Å². The smallest absolute Gasteiger partial charge is 0.177 e. The van der Waals surface area contributed by atoms with Crippen molar-refractivity contribution in [3.05, 3.63) is 40.9 Å². The molecule has 18 heavy (non-hydrogen) atoms. The Labute approximate surface area is 114 Å². The van der Waals surface area contributed by atoms with E-state index in [0.717, 1.165) is 16.2 Å². The van der Waals surface area contributed by atoms with Gasteiger partial charge in [0.2, 0.25) is 0 Å². The third-order valence-corrected chi connectivity index (χ3v) is 3.15. The largest absolute Gasteiger partial charge is 0.508 e. The average molecular weight is 311 g/mol. The summed E-state index contributed by atoms with van der Waals surface area (Å²) >= 11 is 3.42. The Morgan fingerprint density at radius 2 is 2.00 bits per heavy atom. The summed E-state index contributed by atoms with van der Waals surface area (Å²) in [6, 6.07) is 7.00. The van der Waals surface area contributed by atoms with Gasteiger partial charge in [0.1, 0.15) is 18.1 Å². The summed E-state index contributed by atoms with van der Waals surface area (Å²) in [5.74, 6) is 0.956. The number of hydrogen-bond donors (Lipinski definition) is 1. The maximum atomic E-state index is 9.19. The molecule has 0 aliphatic rings. The van der Waals surface area contributed by atoms with Gasteiger partial charge >= 0.3 is 0 Å². The van der Waals surface area contributed by atoms with Crippen molar-refractivity contribution in [3.63, 3.8) is 0 Å². The number of phenolic OH excluding ortho intramolecular Hbond substituents is 1. The zero-order valence-electron chi connectivity index (χ0n) is 10.3. The molecular formula is C13H15BrN2O2. The first-order valence-electron chi connectivity index (χ1n) is 5.71. The summed E-state index contributed by atoms with van der Waals surface area (Å²) in [4.78, 5) is 4.22. The van der Waals surface area contributed by atoms with Crippen molar-refractivity contribution in [2.45, 2.75) is 26.5 Å². The highest BCUT2D eigenvalue weighted by molar-refractivity contribution is 9.10. The van der Waals surface area contributed by atoms with Gasteiger partial charge in [-0.15, -0.1) is 0 Å². The van der Waals surface area contributed by atoms with Crippen LogP contribution in [0.2, 0.25) is 0 Å². The van der Waals surface area contributed by atoms with E-state index in [0.29, 0.717) is 12.6 Å². The molecule has 0 unspecified atom stereocenters. The minimum atomic E-state index is 0.234. The number of aromatic nitrogens is 2. The molecule has 1 aromatic heterocycles. The minimum Gasteiger partial charge on any atom is -0.508 e. The minimum absolute atomic E-state index is 0.234. The molecule has 1 heterocycles. The molecule has 1 aromatic carbocycles. The summed E-state index contributed by atoms with van der Waals surface area (Å²) in [6.07, 6.45) is 1.80. The standard InChI is InChI=1S/C13H15BrN2O2/c1-9(2)16-10(7-15-13(16)14)8-18-12-5-3-11(17)4-6-12/h3-7,9,17H,8H2,1-2H3. The van der Waals surface area contributed by atoms with Crippen LogP contribution in [0.25, 0.3) is 0 Å². The van der Waals surface area contributed by atoms with Crippen LogP contribution in [-0.2, 0) is 6.61 Å². The Bertz CT molecular complexity index is 520. The molecule has 4 nitrogen and oxygen atoms in total. The maximum absolute atomic E-state index is 9.19.